The molecule has 0 fully saturated rings. The van der Waals surface area contributed by atoms with E-state index in [0.717, 1.165) is 23.3 Å². The minimum atomic E-state index is 0.0295. The van der Waals surface area contributed by atoms with Gasteiger partial charge in [0.05, 0.1) is 11.0 Å². The van der Waals surface area contributed by atoms with E-state index in [0.29, 0.717) is 13.0 Å². The van der Waals surface area contributed by atoms with Gasteiger partial charge in [0.2, 0.25) is 5.91 Å². The highest BCUT2D eigenvalue weighted by atomic mass is 16.2. The molecule has 1 amide bonds. The van der Waals surface area contributed by atoms with Crippen molar-refractivity contribution >= 4 is 16.9 Å². The van der Waals surface area contributed by atoms with Crippen molar-refractivity contribution in [1.29, 1.82) is 0 Å². The monoisotopic (exact) mass is 321 g/mol. The van der Waals surface area contributed by atoms with Gasteiger partial charge in [0.15, 0.2) is 0 Å². The number of benzene rings is 2. The number of nitrogens with zero attached hydrogens (tertiary/aromatic N) is 2. The molecule has 124 valence electrons. The number of hydrogen-bond donors (Lipinski definition) is 1. The Labute approximate surface area is 142 Å². The molecule has 0 aliphatic heterocycles. The number of hydrogen-bond acceptors (Lipinski definition) is 2. The predicted molar refractivity (Wildman–Crippen MR) is 96.9 cm³/mol. The molecule has 1 heterocycles. The van der Waals surface area contributed by atoms with E-state index in [2.05, 4.69) is 24.4 Å². The average molecular weight is 321 g/mol. The summed E-state index contributed by atoms with van der Waals surface area (Å²) in [5, 5.41) is 3.04. The molecule has 0 bridgehead atoms. The van der Waals surface area contributed by atoms with Gasteiger partial charge in [0.25, 0.3) is 0 Å². The topological polar surface area (TPSA) is 46.9 Å². The van der Waals surface area contributed by atoms with Gasteiger partial charge in [-0.3, -0.25) is 4.79 Å². The SMILES string of the molecule is CCC(C)NC(=O)Cn1c(Cc2ccccc2)nc2ccccc21. The van der Waals surface area contributed by atoms with Gasteiger partial charge in [-0.05, 0) is 31.0 Å². The molecule has 4 heteroatoms. The molecule has 0 saturated carbocycles. The van der Waals surface area contributed by atoms with Gasteiger partial charge in [-0.1, -0.05) is 49.4 Å². The molecular formula is C20H23N3O. The summed E-state index contributed by atoms with van der Waals surface area (Å²) in [6, 6.07) is 18.4. The van der Waals surface area contributed by atoms with Gasteiger partial charge in [-0.2, -0.15) is 0 Å². The van der Waals surface area contributed by atoms with E-state index >= 15 is 0 Å². The van der Waals surface area contributed by atoms with Gasteiger partial charge in [0.1, 0.15) is 12.4 Å². The molecule has 3 aromatic rings. The molecule has 3 rings (SSSR count). The fraction of sp³-hybridized carbons (Fsp3) is 0.300. The number of amides is 1. The number of aromatic nitrogens is 2. The molecule has 1 N–H and O–H groups in total. The average Bonchev–Trinajstić information content (AvgIpc) is 2.93. The van der Waals surface area contributed by atoms with Crippen LogP contribution in [0.3, 0.4) is 0 Å². The van der Waals surface area contributed by atoms with Crippen molar-refractivity contribution in [3.8, 4) is 0 Å². The van der Waals surface area contributed by atoms with E-state index in [1.165, 1.54) is 5.56 Å². The van der Waals surface area contributed by atoms with Crippen molar-refractivity contribution in [3.63, 3.8) is 0 Å². The first kappa shape index (κ1) is 16.2. The van der Waals surface area contributed by atoms with E-state index in [1.54, 1.807) is 0 Å². The van der Waals surface area contributed by atoms with E-state index in [4.69, 9.17) is 4.98 Å². The Balaban J connectivity index is 1.92. The van der Waals surface area contributed by atoms with Gasteiger partial charge in [0, 0.05) is 12.5 Å². The summed E-state index contributed by atoms with van der Waals surface area (Å²) < 4.78 is 2.03. The second kappa shape index (κ2) is 7.30. The van der Waals surface area contributed by atoms with Crippen LogP contribution in [-0.2, 0) is 17.8 Å². The van der Waals surface area contributed by atoms with Crippen LogP contribution in [0, 0.1) is 0 Å². The second-order valence-corrected chi connectivity index (χ2v) is 6.14. The molecule has 4 nitrogen and oxygen atoms in total. The molecule has 0 spiro atoms. The van der Waals surface area contributed by atoms with Crippen molar-refractivity contribution < 1.29 is 4.79 Å². The van der Waals surface area contributed by atoms with Crippen LogP contribution < -0.4 is 5.32 Å². The first-order valence-corrected chi connectivity index (χ1v) is 8.44. The minimum absolute atomic E-state index is 0.0295. The van der Waals surface area contributed by atoms with E-state index in [9.17, 15) is 4.79 Å². The summed E-state index contributed by atoms with van der Waals surface area (Å²) in [6.07, 6.45) is 1.64. The summed E-state index contributed by atoms with van der Waals surface area (Å²) in [5.74, 6) is 0.948. The third kappa shape index (κ3) is 3.65. The highest BCUT2D eigenvalue weighted by molar-refractivity contribution is 5.81. The number of nitrogens with one attached hydrogen (secondary N) is 1. The van der Waals surface area contributed by atoms with Crippen LogP contribution in [-0.4, -0.2) is 21.5 Å². The van der Waals surface area contributed by atoms with E-state index < -0.39 is 0 Å². The maximum Gasteiger partial charge on any atom is 0.240 e. The lowest BCUT2D eigenvalue weighted by atomic mass is 10.1. The lowest BCUT2D eigenvalue weighted by molar-refractivity contribution is -0.122. The lowest BCUT2D eigenvalue weighted by Crippen LogP contribution is -2.34. The fourth-order valence-corrected chi connectivity index (χ4v) is 2.78. The van der Waals surface area contributed by atoms with Crippen LogP contribution in [0.2, 0.25) is 0 Å². The predicted octanol–water partition coefficient (Wildman–Crippen LogP) is 3.54. The number of fused-ring (bicyclic) bond motifs is 1. The third-order valence-electron chi connectivity index (χ3n) is 4.26. The van der Waals surface area contributed by atoms with Crippen LogP contribution in [0.5, 0.6) is 0 Å². The van der Waals surface area contributed by atoms with E-state index in [-0.39, 0.29) is 11.9 Å². The number of para-hydroxylation sites is 2. The number of imidazole rings is 1. The maximum atomic E-state index is 12.4. The van der Waals surface area contributed by atoms with Gasteiger partial charge < -0.3 is 9.88 Å². The van der Waals surface area contributed by atoms with Crippen LogP contribution in [0.4, 0.5) is 0 Å². The normalized spacial score (nSPS) is 12.2. The van der Waals surface area contributed by atoms with Crippen LogP contribution in [0.1, 0.15) is 31.7 Å². The Morgan fingerprint density at radius 1 is 1.12 bits per heavy atom. The standard InChI is InChI=1S/C20H23N3O/c1-3-15(2)21-20(24)14-23-18-12-8-7-11-17(18)22-19(23)13-16-9-5-4-6-10-16/h4-12,15H,3,13-14H2,1-2H3,(H,21,24). The zero-order valence-electron chi connectivity index (χ0n) is 14.2. The molecule has 2 aromatic carbocycles. The van der Waals surface area contributed by atoms with Crippen molar-refractivity contribution in [1.82, 2.24) is 14.9 Å². The van der Waals surface area contributed by atoms with Crippen molar-refractivity contribution in [2.24, 2.45) is 0 Å². The maximum absolute atomic E-state index is 12.4. The summed E-state index contributed by atoms with van der Waals surface area (Å²) in [5.41, 5.74) is 3.12. The van der Waals surface area contributed by atoms with Crippen molar-refractivity contribution in [3.05, 3.63) is 66.0 Å². The van der Waals surface area contributed by atoms with Crippen LogP contribution >= 0.6 is 0 Å². The Kier molecular flexibility index (Phi) is 4.94. The van der Waals surface area contributed by atoms with Crippen molar-refractivity contribution in [2.75, 3.05) is 0 Å². The third-order valence-corrected chi connectivity index (χ3v) is 4.26. The highest BCUT2D eigenvalue weighted by Crippen LogP contribution is 2.18. The molecule has 1 aromatic heterocycles. The molecular weight excluding hydrogens is 298 g/mol. The first-order chi connectivity index (χ1) is 11.7. The highest BCUT2D eigenvalue weighted by Gasteiger charge is 2.14. The molecule has 1 atom stereocenters. The van der Waals surface area contributed by atoms with Crippen LogP contribution in [0.15, 0.2) is 54.6 Å². The zero-order chi connectivity index (χ0) is 16.9. The summed E-state index contributed by atoms with van der Waals surface area (Å²) in [7, 11) is 0. The van der Waals surface area contributed by atoms with Gasteiger partial charge in [-0.15, -0.1) is 0 Å². The van der Waals surface area contributed by atoms with Crippen molar-refractivity contribution in [2.45, 2.75) is 39.3 Å². The molecule has 0 radical (unpaired) electrons. The summed E-state index contributed by atoms with van der Waals surface area (Å²) in [4.78, 5) is 17.1. The number of carbonyl (C=O) groups excluding carboxylic acids is 1. The zero-order valence-corrected chi connectivity index (χ0v) is 14.2. The summed E-state index contributed by atoms with van der Waals surface area (Å²) in [6.45, 7) is 4.39. The summed E-state index contributed by atoms with van der Waals surface area (Å²) >= 11 is 0. The quantitative estimate of drug-likeness (QED) is 0.755. The molecule has 24 heavy (non-hydrogen) atoms. The van der Waals surface area contributed by atoms with Gasteiger partial charge >= 0.3 is 0 Å². The first-order valence-electron chi connectivity index (χ1n) is 8.44. The molecule has 0 aliphatic rings. The Morgan fingerprint density at radius 2 is 1.83 bits per heavy atom. The Morgan fingerprint density at radius 3 is 2.58 bits per heavy atom. The second-order valence-electron chi connectivity index (χ2n) is 6.14. The number of carbonyl (C=O) groups is 1. The Bertz CT molecular complexity index is 823. The lowest BCUT2D eigenvalue weighted by Gasteiger charge is -2.13. The van der Waals surface area contributed by atoms with Gasteiger partial charge in [-0.25, -0.2) is 4.98 Å². The molecule has 0 aliphatic carbocycles. The molecule has 0 saturated heterocycles. The molecule has 1 unspecified atom stereocenters. The van der Waals surface area contributed by atoms with Crippen LogP contribution in [0.25, 0.3) is 11.0 Å². The fourth-order valence-electron chi connectivity index (χ4n) is 2.78. The number of rotatable bonds is 6. The smallest absolute Gasteiger partial charge is 0.240 e. The largest absolute Gasteiger partial charge is 0.352 e. The Hall–Kier alpha value is -2.62. The minimum Gasteiger partial charge on any atom is -0.352 e. The van der Waals surface area contributed by atoms with E-state index in [1.807, 2.05) is 54.0 Å².